The standard InChI is InChI=1S/C15H16ClFN4O2S/c16-14-8-18-10-19-15(14)21-6-2-4-12(9-21)20-24(22,23)13-5-1-3-11(17)7-13/h1,3,5,7-8,10,12,20H,2,4,6,9H2. The second kappa shape index (κ2) is 7.00. The zero-order valence-corrected chi connectivity index (χ0v) is 14.3. The van der Waals surface area contributed by atoms with Gasteiger partial charge in [0.15, 0.2) is 5.82 Å². The van der Waals surface area contributed by atoms with Gasteiger partial charge in [-0.1, -0.05) is 17.7 Å². The average molecular weight is 371 g/mol. The molecule has 0 bridgehead atoms. The lowest BCUT2D eigenvalue weighted by molar-refractivity contribution is 0.463. The lowest BCUT2D eigenvalue weighted by Gasteiger charge is -2.34. The summed E-state index contributed by atoms with van der Waals surface area (Å²) in [6, 6.07) is 4.64. The first-order chi connectivity index (χ1) is 11.5. The number of hydrogen-bond acceptors (Lipinski definition) is 5. The Hall–Kier alpha value is -1.77. The highest BCUT2D eigenvalue weighted by atomic mass is 35.5. The molecule has 6 nitrogen and oxygen atoms in total. The summed E-state index contributed by atoms with van der Waals surface area (Å²) in [6.45, 7) is 1.17. The minimum absolute atomic E-state index is 0.0836. The number of anilines is 1. The molecule has 1 aliphatic heterocycles. The summed E-state index contributed by atoms with van der Waals surface area (Å²) in [5, 5.41) is 0.422. The van der Waals surface area contributed by atoms with Crippen LogP contribution in [-0.4, -0.2) is 37.5 Å². The minimum atomic E-state index is -3.78. The van der Waals surface area contributed by atoms with Crippen LogP contribution in [-0.2, 0) is 10.0 Å². The number of sulfonamides is 1. The Balaban J connectivity index is 1.75. The Labute approximate surface area is 144 Å². The van der Waals surface area contributed by atoms with Crippen molar-refractivity contribution in [2.45, 2.75) is 23.8 Å². The molecule has 0 saturated carbocycles. The molecule has 9 heteroatoms. The van der Waals surface area contributed by atoms with Gasteiger partial charge in [-0.15, -0.1) is 0 Å². The van der Waals surface area contributed by atoms with E-state index in [1.165, 1.54) is 30.7 Å². The Morgan fingerprint density at radius 1 is 1.38 bits per heavy atom. The van der Waals surface area contributed by atoms with Crippen LogP contribution in [0.4, 0.5) is 10.2 Å². The first kappa shape index (κ1) is 17.1. The van der Waals surface area contributed by atoms with Crippen LogP contribution in [0, 0.1) is 5.82 Å². The molecule has 1 aliphatic rings. The van der Waals surface area contributed by atoms with Crippen LogP contribution >= 0.6 is 11.6 Å². The average Bonchev–Trinajstić information content (AvgIpc) is 2.55. The van der Waals surface area contributed by atoms with E-state index >= 15 is 0 Å². The van der Waals surface area contributed by atoms with Crippen LogP contribution in [0.5, 0.6) is 0 Å². The Morgan fingerprint density at radius 3 is 2.96 bits per heavy atom. The van der Waals surface area contributed by atoms with Gasteiger partial charge in [0, 0.05) is 19.1 Å². The number of nitrogens with zero attached hydrogens (tertiary/aromatic N) is 3. The topological polar surface area (TPSA) is 75.2 Å². The van der Waals surface area contributed by atoms with Crippen LogP contribution in [0.15, 0.2) is 41.7 Å². The Bertz CT molecular complexity index is 834. The molecule has 2 heterocycles. The molecule has 3 rings (SSSR count). The van der Waals surface area contributed by atoms with Crippen molar-refractivity contribution >= 4 is 27.4 Å². The molecule has 0 amide bonds. The Morgan fingerprint density at radius 2 is 2.21 bits per heavy atom. The van der Waals surface area contributed by atoms with Crippen LogP contribution < -0.4 is 9.62 Å². The smallest absolute Gasteiger partial charge is 0.240 e. The third kappa shape index (κ3) is 3.82. The summed E-state index contributed by atoms with van der Waals surface area (Å²) in [6.07, 6.45) is 4.39. The van der Waals surface area contributed by atoms with Gasteiger partial charge in [-0.05, 0) is 31.0 Å². The van der Waals surface area contributed by atoms with Crippen molar-refractivity contribution in [2.24, 2.45) is 0 Å². The molecule has 128 valence electrons. The molecule has 24 heavy (non-hydrogen) atoms. The number of nitrogens with one attached hydrogen (secondary N) is 1. The summed E-state index contributed by atoms with van der Waals surface area (Å²) in [7, 11) is -3.78. The summed E-state index contributed by atoms with van der Waals surface area (Å²) in [4.78, 5) is 9.85. The molecule has 1 fully saturated rings. The number of halogens is 2. The molecule has 1 aromatic heterocycles. The van der Waals surface area contributed by atoms with Gasteiger partial charge in [-0.25, -0.2) is 27.5 Å². The highest BCUT2D eigenvalue weighted by molar-refractivity contribution is 7.89. The molecule has 0 aliphatic carbocycles. The maximum Gasteiger partial charge on any atom is 0.240 e. The van der Waals surface area contributed by atoms with Gasteiger partial charge in [-0.3, -0.25) is 0 Å². The Kier molecular flexibility index (Phi) is 4.98. The highest BCUT2D eigenvalue weighted by Gasteiger charge is 2.27. The summed E-state index contributed by atoms with van der Waals surface area (Å²) >= 11 is 6.10. The predicted molar refractivity (Wildman–Crippen MR) is 89.0 cm³/mol. The SMILES string of the molecule is O=S(=O)(NC1CCCN(c2ncncc2Cl)C1)c1cccc(F)c1. The molecule has 1 N–H and O–H groups in total. The maximum absolute atomic E-state index is 13.3. The number of piperidine rings is 1. The fourth-order valence-electron chi connectivity index (χ4n) is 2.73. The third-order valence-corrected chi connectivity index (χ3v) is 5.58. The van der Waals surface area contributed by atoms with E-state index in [1.54, 1.807) is 0 Å². The van der Waals surface area contributed by atoms with E-state index in [0.717, 1.165) is 19.0 Å². The number of hydrogen-bond donors (Lipinski definition) is 1. The number of aromatic nitrogens is 2. The van der Waals surface area contributed by atoms with Crippen LogP contribution in [0.2, 0.25) is 5.02 Å². The van der Waals surface area contributed by atoms with Crippen LogP contribution in [0.1, 0.15) is 12.8 Å². The zero-order chi connectivity index (χ0) is 17.2. The number of rotatable bonds is 4. The quantitative estimate of drug-likeness (QED) is 0.893. The van der Waals surface area contributed by atoms with E-state index in [1.807, 2.05) is 4.90 Å². The maximum atomic E-state index is 13.3. The van der Waals surface area contributed by atoms with Crippen molar-refractivity contribution in [2.75, 3.05) is 18.0 Å². The molecule has 1 aromatic carbocycles. The van der Waals surface area contributed by atoms with Gasteiger partial charge in [0.1, 0.15) is 17.2 Å². The van der Waals surface area contributed by atoms with Crippen molar-refractivity contribution in [3.05, 3.63) is 47.6 Å². The molecule has 2 aromatic rings. The molecule has 0 spiro atoms. The van der Waals surface area contributed by atoms with Gasteiger partial charge in [0.05, 0.1) is 11.1 Å². The minimum Gasteiger partial charge on any atom is -0.354 e. The second-order valence-corrected chi connectivity index (χ2v) is 7.68. The lowest BCUT2D eigenvalue weighted by atomic mass is 10.1. The fourth-order valence-corrected chi connectivity index (χ4v) is 4.24. The monoisotopic (exact) mass is 370 g/mol. The van der Waals surface area contributed by atoms with Crippen LogP contribution in [0.3, 0.4) is 0 Å². The van der Waals surface area contributed by atoms with Gasteiger partial charge in [0.25, 0.3) is 0 Å². The van der Waals surface area contributed by atoms with Gasteiger partial charge in [0.2, 0.25) is 10.0 Å². The van der Waals surface area contributed by atoms with Crippen molar-refractivity contribution in [3.63, 3.8) is 0 Å². The zero-order valence-electron chi connectivity index (χ0n) is 12.7. The van der Waals surface area contributed by atoms with E-state index in [0.29, 0.717) is 23.8 Å². The van der Waals surface area contributed by atoms with Crippen molar-refractivity contribution < 1.29 is 12.8 Å². The summed E-state index contributed by atoms with van der Waals surface area (Å²) < 4.78 is 40.7. The molecule has 1 atom stereocenters. The van der Waals surface area contributed by atoms with E-state index in [4.69, 9.17) is 11.6 Å². The molecule has 0 radical (unpaired) electrons. The molecule has 1 saturated heterocycles. The van der Waals surface area contributed by atoms with Crippen molar-refractivity contribution in [3.8, 4) is 0 Å². The highest BCUT2D eigenvalue weighted by Crippen LogP contribution is 2.25. The normalized spacial score (nSPS) is 18.6. The van der Waals surface area contributed by atoms with Gasteiger partial charge in [-0.2, -0.15) is 0 Å². The molecular formula is C15H16ClFN4O2S. The predicted octanol–water partition coefficient (Wildman–Crippen LogP) is 2.22. The molecule has 1 unspecified atom stereocenters. The largest absolute Gasteiger partial charge is 0.354 e. The van der Waals surface area contributed by atoms with Gasteiger partial charge >= 0.3 is 0 Å². The second-order valence-electron chi connectivity index (χ2n) is 5.56. The van der Waals surface area contributed by atoms with E-state index < -0.39 is 15.8 Å². The first-order valence-corrected chi connectivity index (χ1v) is 9.30. The van der Waals surface area contributed by atoms with Crippen molar-refractivity contribution in [1.82, 2.24) is 14.7 Å². The fraction of sp³-hybridized carbons (Fsp3) is 0.333. The third-order valence-electron chi connectivity index (χ3n) is 3.80. The van der Waals surface area contributed by atoms with Gasteiger partial charge < -0.3 is 4.90 Å². The summed E-state index contributed by atoms with van der Waals surface area (Å²) in [5.74, 6) is -0.00256. The summed E-state index contributed by atoms with van der Waals surface area (Å²) in [5.41, 5.74) is 0. The number of benzene rings is 1. The van der Waals surface area contributed by atoms with E-state index in [2.05, 4.69) is 14.7 Å². The first-order valence-electron chi connectivity index (χ1n) is 7.44. The van der Waals surface area contributed by atoms with Crippen molar-refractivity contribution in [1.29, 1.82) is 0 Å². The molecular weight excluding hydrogens is 355 g/mol. The van der Waals surface area contributed by atoms with E-state index in [9.17, 15) is 12.8 Å². The lowest BCUT2D eigenvalue weighted by Crippen LogP contribution is -2.48. The van der Waals surface area contributed by atoms with Crippen LogP contribution in [0.25, 0.3) is 0 Å². The van der Waals surface area contributed by atoms with E-state index in [-0.39, 0.29) is 10.9 Å².